The van der Waals surface area contributed by atoms with Gasteiger partial charge in [-0.15, -0.1) is 0 Å². The molecular formula is C10H11FO2. The summed E-state index contributed by atoms with van der Waals surface area (Å²) >= 11 is 0. The van der Waals surface area contributed by atoms with Gasteiger partial charge in [0.05, 0.1) is 0 Å². The van der Waals surface area contributed by atoms with E-state index in [1.165, 1.54) is 0 Å². The third-order valence-electron chi connectivity index (χ3n) is 1.77. The number of rotatable bonds is 3. The molecule has 0 aliphatic rings. The minimum atomic E-state index is -1.80. The number of halogens is 1. The number of aliphatic carboxylic acids is 1. The zero-order valence-corrected chi connectivity index (χ0v) is 7.33. The maximum Gasteiger partial charge on any atom is 0.338 e. The van der Waals surface area contributed by atoms with Gasteiger partial charge in [0.1, 0.15) is 0 Å². The molecule has 1 atom stereocenters. The van der Waals surface area contributed by atoms with Crippen LogP contribution in [0.15, 0.2) is 24.3 Å². The van der Waals surface area contributed by atoms with Crippen LogP contribution in [-0.4, -0.2) is 17.2 Å². The Balaban J connectivity index is 2.69. The smallest absolute Gasteiger partial charge is 0.338 e. The molecule has 1 rings (SSSR count). The molecule has 0 saturated heterocycles. The maximum atomic E-state index is 12.7. The van der Waals surface area contributed by atoms with Crippen molar-refractivity contribution in [2.24, 2.45) is 0 Å². The van der Waals surface area contributed by atoms with Crippen molar-refractivity contribution in [3.8, 4) is 0 Å². The van der Waals surface area contributed by atoms with Crippen LogP contribution >= 0.6 is 0 Å². The molecule has 0 radical (unpaired) electrons. The first kappa shape index (κ1) is 9.71. The first-order valence-electron chi connectivity index (χ1n) is 4.02. The Bertz CT molecular complexity index is 310. The Labute approximate surface area is 76.0 Å². The lowest BCUT2D eigenvalue weighted by Crippen LogP contribution is -2.17. The zero-order chi connectivity index (χ0) is 9.84. The van der Waals surface area contributed by atoms with Gasteiger partial charge in [0, 0.05) is 6.42 Å². The average molecular weight is 182 g/mol. The summed E-state index contributed by atoms with van der Waals surface area (Å²) in [5, 5.41) is 8.34. The summed E-state index contributed by atoms with van der Waals surface area (Å²) < 4.78 is 12.7. The molecule has 0 bridgehead atoms. The quantitative estimate of drug-likeness (QED) is 0.775. The molecule has 0 heterocycles. The van der Waals surface area contributed by atoms with E-state index in [0.717, 1.165) is 11.1 Å². The Kier molecular flexibility index (Phi) is 3.01. The fourth-order valence-electron chi connectivity index (χ4n) is 1.13. The van der Waals surface area contributed by atoms with E-state index < -0.39 is 12.1 Å². The van der Waals surface area contributed by atoms with Crippen molar-refractivity contribution in [2.45, 2.75) is 19.5 Å². The van der Waals surface area contributed by atoms with Gasteiger partial charge in [0.25, 0.3) is 0 Å². The number of carbonyl (C=O) groups is 1. The van der Waals surface area contributed by atoms with Crippen molar-refractivity contribution in [1.82, 2.24) is 0 Å². The molecule has 0 aliphatic heterocycles. The molecule has 70 valence electrons. The van der Waals surface area contributed by atoms with E-state index >= 15 is 0 Å². The number of benzene rings is 1. The molecule has 1 aromatic rings. The molecule has 3 heteroatoms. The van der Waals surface area contributed by atoms with Crippen LogP contribution in [0.3, 0.4) is 0 Å². The molecule has 0 spiro atoms. The molecule has 0 fully saturated rings. The van der Waals surface area contributed by atoms with Crippen LogP contribution in [0.1, 0.15) is 11.1 Å². The molecule has 1 aromatic carbocycles. The van der Waals surface area contributed by atoms with E-state index in [1.807, 2.05) is 13.0 Å². The minimum absolute atomic E-state index is 0.0585. The van der Waals surface area contributed by atoms with Gasteiger partial charge in [0.15, 0.2) is 0 Å². The van der Waals surface area contributed by atoms with E-state index in [0.29, 0.717) is 0 Å². The maximum absolute atomic E-state index is 12.7. The fraction of sp³-hybridized carbons (Fsp3) is 0.300. The topological polar surface area (TPSA) is 37.3 Å². The second kappa shape index (κ2) is 4.03. The van der Waals surface area contributed by atoms with Crippen LogP contribution in [-0.2, 0) is 11.2 Å². The van der Waals surface area contributed by atoms with E-state index in [2.05, 4.69) is 0 Å². The Morgan fingerprint density at radius 2 is 2.31 bits per heavy atom. The lowest BCUT2D eigenvalue weighted by molar-refractivity contribution is -0.142. The van der Waals surface area contributed by atoms with Crippen LogP contribution in [0.2, 0.25) is 0 Å². The summed E-state index contributed by atoms with van der Waals surface area (Å²) in [6.45, 7) is 1.89. The third kappa shape index (κ3) is 2.86. The standard InChI is InChI=1S/C10H11FO2/c1-7-3-2-4-8(5-7)6-9(11)10(12)13/h2-5,9H,6H2,1H3,(H,12,13)/t9-/m0/s1. The van der Waals surface area contributed by atoms with Crippen molar-refractivity contribution in [1.29, 1.82) is 0 Å². The van der Waals surface area contributed by atoms with Gasteiger partial charge in [-0.05, 0) is 12.5 Å². The summed E-state index contributed by atoms with van der Waals surface area (Å²) in [5.41, 5.74) is 1.73. The number of carboxylic acid groups (broad SMARTS) is 1. The molecule has 13 heavy (non-hydrogen) atoms. The summed E-state index contributed by atoms with van der Waals surface area (Å²) in [6, 6.07) is 7.19. The van der Waals surface area contributed by atoms with Crippen molar-refractivity contribution < 1.29 is 14.3 Å². The highest BCUT2D eigenvalue weighted by Crippen LogP contribution is 2.08. The first-order valence-corrected chi connectivity index (χ1v) is 4.02. The number of aryl methyl sites for hydroxylation is 1. The largest absolute Gasteiger partial charge is 0.479 e. The molecular weight excluding hydrogens is 171 g/mol. The lowest BCUT2D eigenvalue weighted by Gasteiger charge is -2.03. The molecule has 0 saturated carbocycles. The predicted molar refractivity (Wildman–Crippen MR) is 47.4 cm³/mol. The van der Waals surface area contributed by atoms with Gasteiger partial charge in [0.2, 0.25) is 6.17 Å². The molecule has 0 amide bonds. The SMILES string of the molecule is Cc1cccc(C[C@H](F)C(=O)O)c1. The monoisotopic (exact) mass is 182 g/mol. The highest BCUT2D eigenvalue weighted by atomic mass is 19.1. The summed E-state index contributed by atoms with van der Waals surface area (Å²) in [4.78, 5) is 10.2. The lowest BCUT2D eigenvalue weighted by atomic mass is 10.1. The van der Waals surface area contributed by atoms with Gasteiger partial charge < -0.3 is 5.11 Å². The molecule has 0 aromatic heterocycles. The van der Waals surface area contributed by atoms with Crippen molar-refractivity contribution in [2.75, 3.05) is 0 Å². The Morgan fingerprint density at radius 1 is 1.62 bits per heavy atom. The normalized spacial score (nSPS) is 12.5. The summed E-state index contributed by atoms with van der Waals surface area (Å²) in [5.74, 6) is -1.40. The number of alkyl halides is 1. The number of hydrogen-bond donors (Lipinski definition) is 1. The van der Waals surface area contributed by atoms with Gasteiger partial charge in [-0.3, -0.25) is 0 Å². The Morgan fingerprint density at radius 3 is 2.85 bits per heavy atom. The van der Waals surface area contributed by atoms with Crippen molar-refractivity contribution in [3.63, 3.8) is 0 Å². The molecule has 1 N–H and O–H groups in total. The van der Waals surface area contributed by atoms with Gasteiger partial charge in [-0.1, -0.05) is 29.8 Å². The first-order chi connectivity index (χ1) is 6.09. The minimum Gasteiger partial charge on any atom is -0.479 e. The van der Waals surface area contributed by atoms with Crippen LogP contribution in [0.25, 0.3) is 0 Å². The predicted octanol–water partition coefficient (Wildman–Crippen LogP) is 1.96. The molecule has 0 aliphatic carbocycles. The van der Waals surface area contributed by atoms with Crippen LogP contribution in [0.4, 0.5) is 4.39 Å². The molecule has 2 nitrogen and oxygen atoms in total. The summed E-state index contributed by atoms with van der Waals surface area (Å²) in [7, 11) is 0. The second-order valence-corrected chi connectivity index (χ2v) is 3.00. The fourth-order valence-corrected chi connectivity index (χ4v) is 1.13. The van der Waals surface area contributed by atoms with Crippen molar-refractivity contribution in [3.05, 3.63) is 35.4 Å². The van der Waals surface area contributed by atoms with E-state index in [-0.39, 0.29) is 6.42 Å². The number of hydrogen-bond acceptors (Lipinski definition) is 1. The second-order valence-electron chi connectivity index (χ2n) is 3.00. The average Bonchev–Trinajstić information content (AvgIpc) is 2.04. The van der Waals surface area contributed by atoms with Gasteiger partial charge >= 0.3 is 5.97 Å². The third-order valence-corrected chi connectivity index (χ3v) is 1.77. The molecule has 0 unspecified atom stereocenters. The van der Waals surface area contributed by atoms with Crippen LogP contribution in [0.5, 0.6) is 0 Å². The van der Waals surface area contributed by atoms with Gasteiger partial charge in [-0.2, -0.15) is 0 Å². The zero-order valence-electron chi connectivity index (χ0n) is 7.33. The Hall–Kier alpha value is -1.38. The van der Waals surface area contributed by atoms with Crippen LogP contribution < -0.4 is 0 Å². The van der Waals surface area contributed by atoms with Crippen molar-refractivity contribution >= 4 is 5.97 Å². The number of carboxylic acids is 1. The van der Waals surface area contributed by atoms with E-state index in [9.17, 15) is 9.18 Å². The highest BCUT2D eigenvalue weighted by Gasteiger charge is 2.15. The highest BCUT2D eigenvalue weighted by molar-refractivity contribution is 5.72. The van der Waals surface area contributed by atoms with Crippen LogP contribution in [0, 0.1) is 6.92 Å². The van der Waals surface area contributed by atoms with E-state index in [4.69, 9.17) is 5.11 Å². The summed E-state index contributed by atoms with van der Waals surface area (Å²) in [6.07, 6.45) is -1.86. The van der Waals surface area contributed by atoms with Gasteiger partial charge in [-0.25, -0.2) is 9.18 Å². The van der Waals surface area contributed by atoms with E-state index in [1.54, 1.807) is 18.2 Å².